The highest BCUT2D eigenvalue weighted by Gasteiger charge is 2.35. The van der Waals surface area contributed by atoms with Gasteiger partial charge in [-0.3, -0.25) is 10.2 Å². The highest BCUT2D eigenvalue weighted by atomic mass is 32.2. The summed E-state index contributed by atoms with van der Waals surface area (Å²) < 4.78 is 38.6. The van der Waals surface area contributed by atoms with Gasteiger partial charge in [0.15, 0.2) is 0 Å². The second kappa shape index (κ2) is 14.0. The summed E-state index contributed by atoms with van der Waals surface area (Å²) in [6, 6.07) is 17.1. The van der Waals surface area contributed by atoms with Crippen LogP contribution in [0.15, 0.2) is 84.0 Å². The van der Waals surface area contributed by atoms with Gasteiger partial charge in [0.25, 0.3) is 0 Å². The van der Waals surface area contributed by atoms with Gasteiger partial charge in [-0.15, -0.1) is 0 Å². The topological polar surface area (TPSA) is 130 Å². The lowest BCUT2D eigenvalue weighted by Crippen LogP contribution is -2.52. The van der Waals surface area contributed by atoms with Crippen molar-refractivity contribution < 1.29 is 33.0 Å². The summed E-state index contributed by atoms with van der Waals surface area (Å²) in [6.45, 7) is 3.36. The van der Waals surface area contributed by atoms with Crippen molar-refractivity contribution in [3.63, 3.8) is 0 Å². The average Bonchev–Trinajstić information content (AvgIpc) is 2.94. The number of aromatic nitrogens is 1. The van der Waals surface area contributed by atoms with Gasteiger partial charge in [0, 0.05) is 25.5 Å². The molecular weight excluding hydrogens is 522 g/mol. The van der Waals surface area contributed by atoms with Crippen LogP contribution in [0.25, 0.3) is 0 Å². The van der Waals surface area contributed by atoms with Gasteiger partial charge < -0.3 is 14.6 Å². The third kappa shape index (κ3) is 8.49. The van der Waals surface area contributed by atoms with E-state index < -0.39 is 28.3 Å². The number of hydrogen-bond donors (Lipinski definition) is 2. The lowest BCUT2D eigenvalue weighted by Gasteiger charge is -2.33. The molecule has 0 bridgehead atoms. The zero-order valence-corrected chi connectivity index (χ0v) is 23.1. The Morgan fingerprint density at radius 3 is 2.18 bits per heavy atom. The minimum atomic E-state index is -4.02. The first-order chi connectivity index (χ1) is 18.6. The van der Waals surface area contributed by atoms with Gasteiger partial charge in [-0.05, 0) is 59.9 Å². The number of rotatable bonds is 13. The van der Waals surface area contributed by atoms with Crippen molar-refractivity contribution in [2.45, 2.75) is 43.9 Å². The summed E-state index contributed by atoms with van der Waals surface area (Å²) in [6.07, 6.45) is 0.639. The van der Waals surface area contributed by atoms with Crippen LogP contribution < -0.4 is 4.74 Å². The van der Waals surface area contributed by atoms with E-state index in [1.807, 2.05) is 19.9 Å². The van der Waals surface area contributed by atoms with E-state index in [2.05, 4.69) is 4.98 Å². The van der Waals surface area contributed by atoms with E-state index in [1.165, 1.54) is 19.2 Å². The van der Waals surface area contributed by atoms with Crippen molar-refractivity contribution in [3.05, 3.63) is 90.3 Å². The van der Waals surface area contributed by atoms with Gasteiger partial charge in [-0.1, -0.05) is 44.2 Å². The Hall–Kier alpha value is -3.51. The van der Waals surface area contributed by atoms with Gasteiger partial charge in [0.05, 0.1) is 24.2 Å². The number of aliphatic hydroxyl groups is 1. The number of amides is 1. The van der Waals surface area contributed by atoms with Crippen molar-refractivity contribution >= 4 is 16.1 Å². The molecule has 0 aliphatic rings. The zero-order chi connectivity index (χ0) is 28.4. The number of hydrogen-bond acceptors (Lipinski definition) is 8. The van der Waals surface area contributed by atoms with Crippen LogP contribution in [-0.4, -0.2) is 71.5 Å². The van der Waals surface area contributed by atoms with Crippen molar-refractivity contribution in [2.75, 3.05) is 20.2 Å². The van der Waals surface area contributed by atoms with E-state index in [9.17, 15) is 23.5 Å². The average molecular weight is 558 g/mol. The number of sulfonamides is 1. The molecule has 1 unspecified atom stereocenters. The summed E-state index contributed by atoms with van der Waals surface area (Å²) in [5.41, 5.74) is 1.40. The predicted molar refractivity (Wildman–Crippen MR) is 145 cm³/mol. The van der Waals surface area contributed by atoms with Gasteiger partial charge in [0.2, 0.25) is 10.0 Å². The Morgan fingerprint density at radius 1 is 0.949 bits per heavy atom. The van der Waals surface area contributed by atoms with Crippen LogP contribution in [0.2, 0.25) is 0 Å². The molecule has 10 nitrogen and oxygen atoms in total. The molecule has 0 radical (unpaired) electrons. The normalized spacial score (nSPS) is 13.2. The fourth-order valence-electron chi connectivity index (χ4n) is 3.97. The quantitative estimate of drug-likeness (QED) is 0.240. The molecule has 3 aromatic rings. The van der Waals surface area contributed by atoms with Crippen LogP contribution >= 0.6 is 0 Å². The minimum absolute atomic E-state index is 0.0355. The summed E-state index contributed by atoms with van der Waals surface area (Å²) in [4.78, 5) is 16.7. The first-order valence-electron chi connectivity index (χ1n) is 12.5. The first-order valence-corrected chi connectivity index (χ1v) is 14.0. The smallest absolute Gasteiger partial charge is 0.434 e. The van der Waals surface area contributed by atoms with Crippen molar-refractivity contribution in [1.29, 1.82) is 0 Å². The van der Waals surface area contributed by atoms with E-state index in [-0.39, 0.29) is 36.9 Å². The molecular formula is C28H35N3O7S. The molecule has 0 aliphatic heterocycles. The fraction of sp³-hybridized carbons (Fsp3) is 0.357. The molecule has 11 heteroatoms. The second-order valence-electron chi connectivity index (χ2n) is 9.47. The van der Waals surface area contributed by atoms with Crippen molar-refractivity contribution in [1.82, 2.24) is 14.4 Å². The fourth-order valence-corrected chi connectivity index (χ4v) is 5.59. The number of aliphatic hydroxyl groups excluding tert-OH is 1. The highest BCUT2D eigenvalue weighted by Crippen LogP contribution is 2.23. The molecule has 39 heavy (non-hydrogen) atoms. The van der Waals surface area contributed by atoms with Crippen LogP contribution in [0, 0.1) is 5.92 Å². The van der Waals surface area contributed by atoms with Gasteiger partial charge in [-0.25, -0.2) is 13.2 Å². The number of carbonyl (C=O) groups is 1. The van der Waals surface area contributed by atoms with Gasteiger partial charge in [-0.2, -0.15) is 9.37 Å². The van der Waals surface area contributed by atoms with Crippen molar-refractivity contribution in [2.24, 2.45) is 5.92 Å². The Labute approximate surface area is 229 Å². The Morgan fingerprint density at radius 2 is 1.59 bits per heavy atom. The summed E-state index contributed by atoms with van der Waals surface area (Å²) in [5.74, 6) is 0.446. The standard InChI is InChI=1S/C28H35N3O7S/c1-21(2)18-30(39(35,36)25-11-9-24(37-3)10-12-25)19-27(32)26(17-22-7-5-4-6-8-22)31(34)28(33)38-20-23-13-15-29-16-14-23/h4-16,21,26-27,32,34H,17-20H2,1-3H3/t26?,27-/m1/s1. The van der Waals surface area contributed by atoms with E-state index >= 15 is 0 Å². The largest absolute Gasteiger partial charge is 0.497 e. The number of ether oxygens (including phenoxy) is 2. The second-order valence-corrected chi connectivity index (χ2v) is 11.4. The molecule has 2 aromatic carbocycles. The van der Waals surface area contributed by atoms with Crippen molar-refractivity contribution in [3.8, 4) is 5.75 Å². The monoisotopic (exact) mass is 557 g/mol. The van der Waals surface area contributed by atoms with E-state index in [1.54, 1.807) is 60.9 Å². The molecule has 2 atom stereocenters. The summed E-state index contributed by atoms with van der Waals surface area (Å²) in [7, 11) is -2.53. The molecule has 3 rings (SSSR count). The predicted octanol–water partition coefficient (Wildman–Crippen LogP) is 3.74. The zero-order valence-electron chi connectivity index (χ0n) is 22.3. The molecule has 0 saturated heterocycles. The van der Waals surface area contributed by atoms with Crippen LogP contribution in [0.5, 0.6) is 5.75 Å². The first kappa shape index (κ1) is 30.0. The Balaban J connectivity index is 1.84. The number of pyridine rings is 1. The molecule has 1 heterocycles. The van der Waals surface area contributed by atoms with Crippen LogP contribution in [0.1, 0.15) is 25.0 Å². The lowest BCUT2D eigenvalue weighted by molar-refractivity contribution is -0.134. The lowest BCUT2D eigenvalue weighted by atomic mass is 10.0. The third-order valence-corrected chi connectivity index (χ3v) is 7.85. The number of carbonyl (C=O) groups excluding carboxylic acids is 1. The summed E-state index contributed by atoms with van der Waals surface area (Å²) >= 11 is 0. The maximum Gasteiger partial charge on any atom is 0.434 e. The van der Waals surface area contributed by atoms with Gasteiger partial charge in [0.1, 0.15) is 12.4 Å². The molecule has 1 aromatic heterocycles. The SMILES string of the molecule is COc1ccc(S(=O)(=O)N(CC(C)C)C[C@@H](O)C(Cc2ccccc2)N(O)C(=O)OCc2ccncc2)cc1. The van der Waals surface area contributed by atoms with Gasteiger partial charge >= 0.3 is 6.09 Å². The van der Waals surface area contributed by atoms with Crippen LogP contribution in [0.3, 0.4) is 0 Å². The number of methoxy groups -OCH3 is 1. The Kier molecular flexibility index (Phi) is 10.8. The molecule has 1 amide bonds. The minimum Gasteiger partial charge on any atom is -0.497 e. The molecule has 0 fully saturated rings. The number of nitrogens with zero attached hydrogens (tertiary/aromatic N) is 3. The molecule has 2 N–H and O–H groups in total. The van der Waals surface area contributed by atoms with E-state index in [4.69, 9.17) is 9.47 Å². The maximum absolute atomic E-state index is 13.5. The summed E-state index contributed by atoms with van der Waals surface area (Å²) in [5, 5.41) is 22.5. The van der Waals surface area contributed by atoms with E-state index in [0.717, 1.165) is 9.87 Å². The third-order valence-electron chi connectivity index (χ3n) is 6.00. The highest BCUT2D eigenvalue weighted by molar-refractivity contribution is 7.89. The van der Waals surface area contributed by atoms with E-state index in [0.29, 0.717) is 16.4 Å². The number of hydroxylamine groups is 2. The molecule has 210 valence electrons. The molecule has 0 aliphatic carbocycles. The number of benzene rings is 2. The van der Waals surface area contributed by atoms with Crippen LogP contribution in [-0.2, 0) is 27.8 Å². The molecule has 0 saturated carbocycles. The van der Waals surface area contributed by atoms with Crippen LogP contribution in [0.4, 0.5) is 4.79 Å². The molecule has 0 spiro atoms. The maximum atomic E-state index is 13.5. The Bertz CT molecular complexity index is 1270.